The Morgan fingerprint density at radius 3 is 3.17 bits per heavy atom. The molecule has 0 saturated carbocycles. The molecule has 2 aromatic heterocycles. The number of rotatable bonds is 3. The van der Waals surface area contributed by atoms with Crippen molar-refractivity contribution in [3.63, 3.8) is 0 Å². The minimum atomic E-state index is -1.41. The minimum Gasteiger partial charge on any atom is -0.463 e. The Hall–Kier alpha value is -2.70. The van der Waals surface area contributed by atoms with Gasteiger partial charge in [0.25, 0.3) is 0 Å². The molecule has 0 aromatic carbocycles. The van der Waals surface area contributed by atoms with Crippen LogP contribution in [0.2, 0.25) is 0 Å². The van der Waals surface area contributed by atoms with Crippen molar-refractivity contribution in [3.05, 3.63) is 24.2 Å². The van der Waals surface area contributed by atoms with Crippen molar-refractivity contribution in [2.45, 2.75) is 31.2 Å². The van der Waals surface area contributed by atoms with E-state index in [1.165, 1.54) is 17.8 Å². The molecule has 120 valence electrons. The van der Waals surface area contributed by atoms with Crippen LogP contribution in [0.1, 0.15) is 19.0 Å². The molecule has 1 aliphatic heterocycles. The van der Waals surface area contributed by atoms with Gasteiger partial charge in [-0.25, -0.2) is 9.50 Å². The summed E-state index contributed by atoms with van der Waals surface area (Å²) in [5.74, 6) is -0.210. The second-order valence-electron chi connectivity index (χ2n) is 5.33. The van der Waals surface area contributed by atoms with E-state index in [-0.39, 0.29) is 18.8 Å². The van der Waals surface area contributed by atoms with E-state index in [1.54, 1.807) is 12.1 Å². The molecular weight excluding hydrogens is 302 g/mol. The lowest BCUT2D eigenvalue weighted by molar-refractivity contribution is -0.147. The maximum Gasteiger partial charge on any atom is 0.302 e. The van der Waals surface area contributed by atoms with Crippen molar-refractivity contribution < 1.29 is 19.4 Å². The zero-order valence-electron chi connectivity index (χ0n) is 12.3. The van der Waals surface area contributed by atoms with Crippen LogP contribution in [0.4, 0.5) is 5.82 Å². The number of aliphatic hydroxyl groups excluding tert-OH is 1. The molecule has 23 heavy (non-hydrogen) atoms. The second-order valence-corrected chi connectivity index (χ2v) is 5.33. The lowest BCUT2D eigenvalue weighted by Crippen LogP contribution is -2.29. The highest BCUT2D eigenvalue weighted by atomic mass is 16.6. The first-order valence-electron chi connectivity index (χ1n) is 6.96. The predicted octanol–water partition coefficient (Wildman–Crippen LogP) is -0.257. The van der Waals surface area contributed by atoms with Gasteiger partial charge in [-0.2, -0.15) is 10.4 Å². The number of ether oxygens (including phenoxy) is 2. The van der Waals surface area contributed by atoms with Gasteiger partial charge in [-0.1, -0.05) is 0 Å². The number of fused-ring (bicyclic) bond motifs is 1. The molecule has 2 aromatic rings. The molecule has 0 bridgehead atoms. The van der Waals surface area contributed by atoms with Gasteiger partial charge in [0.2, 0.25) is 0 Å². The fourth-order valence-corrected chi connectivity index (χ4v) is 2.71. The van der Waals surface area contributed by atoms with E-state index in [4.69, 9.17) is 15.2 Å². The lowest BCUT2D eigenvalue weighted by Gasteiger charge is -2.21. The lowest BCUT2D eigenvalue weighted by atomic mass is 9.96. The number of nitrogens with two attached hydrogens (primary N) is 1. The molecule has 1 fully saturated rings. The van der Waals surface area contributed by atoms with Gasteiger partial charge in [0, 0.05) is 13.3 Å². The first kappa shape index (κ1) is 15.2. The fraction of sp³-hybridized carbons (Fsp3) is 0.429. The average Bonchev–Trinajstić information content (AvgIpc) is 3.08. The number of nitrogens with zero attached hydrogens (tertiary/aromatic N) is 4. The van der Waals surface area contributed by atoms with Crippen molar-refractivity contribution in [1.82, 2.24) is 14.6 Å². The third-order valence-corrected chi connectivity index (χ3v) is 3.81. The number of hydrogen-bond donors (Lipinski definition) is 2. The molecule has 0 spiro atoms. The standard InChI is InChI=1S/C14H15N5O4/c1-8(20)22-5-11-10(21)4-14(6-15,23-11)12-3-2-9-13(16)17-7-18-19(9)12/h2-3,7,10-11,21H,4-5H2,1H3,(H2,16,17,18)/t10-,11?,14-/m0/s1. The molecule has 0 aliphatic carbocycles. The normalized spacial score (nSPS) is 27.0. The number of carbonyl (C=O) groups is 1. The summed E-state index contributed by atoms with van der Waals surface area (Å²) in [5, 5.41) is 23.9. The van der Waals surface area contributed by atoms with Crippen LogP contribution in [0.25, 0.3) is 5.52 Å². The van der Waals surface area contributed by atoms with Crippen molar-refractivity contribution in [2.24, 2.45) is 0 Å². The van der Waals surface area contributed by atoms with E-state index >= 15 is 0 Å². The van der Waals surface area contributed by atoms with Crippen molar-refractivity contribution in [1.29, 1.82) is 5.26 Å². The van der Waals surface area contributed by atoms with Crippen molar-refractivity contribution in [3.8, 4) is 6.07 Å². The molecule has 1 saturated heterocycles. The Morgan fingerprint density at radius 2 is 2.48 bits per heavy atom. The molecule has 3 N–H and O–H groups in total. The maximum atomic E-state index is 10.9. The first-order valence-corrected chi connectivity index (χ1v) is 6.96. The summed E-state index contributed by atoms with van der Waals surface area (Å²) in [6.45, 7) is 1.14. The molecule has 9 heteroatoms. The van der Waals surface area contributed by atoms with Gasteiger partial charge in [0.15, 0.2) is 11.4 Å². The van der Waals surface area contributed by atoms with Crippen LogP contribution in [-0.4, -0.2) is 44.5 Å². The van der Waals surface area contributed by atoms with E-state index in [1.807, 2.05) is 0 Å². The Balaban J connectivity index is 1.97. The summed E-state index contributed by atoms with van der Waals surface area (Å²) in [6, 6.07) is 5.43. The summed E-state index contributed by atoms with van der Waals surface area (Å²) in [5.41, 5.74) is 5.36. The van der Waals surface area contributed by atoms with Crippen LogP contribution >= 0.6 is 0 Å². The molecule has 0 radical (unpaired) electrons. The van der Waals surface area contributed by atoms with Crippen molar-refractivity contribution in [2.75, 3.05) is 12.3 Å². The van der Waals surface area contributed by atoms with Gasteiger partial charge in [-0.05, 0) is 12.1 Å². The predicted molar refractivity (Wildman–Crippen MR) is 76.8 cm³/mol. The molecule has 3 atom stereocenters. The highest BCUT2D eigenvalue weighted by Gasteiger charge is 2.50. The van der Waals surface area contributed by atoms with Crippen LogP contribution in [-0.2, 0) is 19.9 Å². The maximum absolute atomic E-state index is 10.9. The monoisotopic (exact) mass is 317 g/mol. The summed E-state index contributed by atoms with van der Waals surface area (Å²) < 4.78 is 12.1. The van der Waals surface area contributed by atoms with Crippen LogP contribution in [0.3, 0.4) is 0 Å². The number of aliphatic hydroxyl groups is 1. The van der Waals surface area contributed by atoms with Crippen molar-refractivity contribution >= 4 is 17.3 Å². The summed E-state index contributed by atoms with van der Waals surface area (Å²) >= 11 is 0. The minimum absolute atomic E-state index is 0.0332. The molecule has 9 nitrogen and oxygen atoms in total. The van der Waals surface area contributed by atoms with E-state index in [9.17, 15) is 15.2 Å². The Kier molecular flexibility index (Phi) is 3.63. The van der Waals surface area contributed by atoms with Gasteiger partial charge >= 0.3 is 5.97 Å². The van der Waals surface area contributed by atoms with E-state index in [2.05, 4.69) is 16.2 Å². The molecule has 3 rings (SSSR count). The summed E-state index contributed by atoms with van der Waals surface area (Å²) in [4.78, 5) is 14.8. The van der Waals surface area contributed by atoms with Crippen LogP contribution in [0, 0.1) is 11.3 Å². The number of nitriles is 1. The quantitative estimate of drug-likeness (QED) is 0.739. The number of aromatic nitrogens is 3. The fourth-order valence-electron chi connectivity index (χ4n) is 2.71. The number of nitrogen functional groups attached to an aromatic ring is 1. The molecule has 1 unspecified atom stereocenters. The zero-order valence-corrected chi connectivity index (χ0v) is 12.3. The van der Waals surface area contributed by atoms with Gasteiger partial charge in [-0.3, -0.25) is 4.79 Å². The van der Waals surface area contributed by atoms with Gasteiger partial charge < -0.3 is 20.3 Å². The largest absolute Gasteiger partial charge is 0.463 e. The topological polar surface area (TPSA) is 136 Å². The Bertz CT molecular complexity index is 798. The molecule has 3 heterocycles. The Morgan fingerprint density at radius 1 is 1.70 bits per heavy atom. The van der Waals surface area contributed by atoms with E-state index in [0.29, 0.717) is 11.2 Å². The molecule has 1 aliphatic rings. The molecule has 0 amide bonds. The van der Waals surface area contributed by atoms with E-state index in [0.717, 1.165) is 0 Å². The third kappa shape index (κ3) is 2.48. The average molecular weight is 317 g/mol. The van der Waals surface area contributed by atoms with E-state index < -0.39 is 23.8 Å². The summed E-state index contributed by atoms with van der Waals surface area (Å²) in [7, 11) is 0. The van der Waals surface area contributed by atoms with Crippen LogP contribution < -0.4 is 5.73 Å². The number of hydrogen-bond acceptors (Lipinski definition) is 8. The van der Waals surface area contributed by atoms with Crippen LogP contribution in [0.15, 0.2) is 18.5 Å². The summed E-state index contributed by atoms with van der Waals surface area (Å²) in [6.07, 6.45) is -0.425. The zero-order chi connectivity index (χ0) is 16.6. The number of esters is 1. The Labute approximate surface area is 131 Å². The van der Waals surface area contributed by atoms with Gasteiger partial charge in [-0.15, -0.1) is 0 Å². The number of anilines is 1. The number of carbonyl (C=O) groups excluding carboxylic acids is 1. The van der Waals surface area contributed by atoms with Gasteiger partial charge in [0.05, 0.1) is 11.8 Å². The second kappa shape index (κ2) is 5.49. The SMILES string of the molecule is CC(=O)OCC1O[C@@](C#N)(c2ccc3c(N)ncnn23)C[C@@H]1O. The third-order valence-electron chi connectivity index (χ3n) is 3.81. The first-order chi connectivity index (χ1) is 11.0. The van der Waals surface area contributed by atoms with Crippen LogP contribution in [0.5, 0.6) is 0 Å². The smallest absolute Gasteiger partial charge is 0.302 e. The molecular formula is C14H15N5O4. The highest BCUT2D eigenvalue weighted by Crippen LogP contribution is 2.40. The van der Waals surface area contributed by atoms with Gasteiger partial charge in [0.1, 0.15) is 30.6 Å². The highest BCUT2D eigenvalue weighted by molar-refractivity contribution is 5.66.